The Hall–Kier alpha value is -1.05. The highest BCUT2D eigenvalue weighted by Gasteiger charge is 2.66. The van der Waals surface area contributed by atoms with Gasteiger partial charge in [-0.25, -0.2) is 4.79 Å². The molecule has 0 aromatic carbocycles. The molecule has 90 valence electrons. The highest BCUT2D eigenvalue weighted by atomic mass is 16.6. The lowest BCUT2D eigenvalue weighted by Crippen LogP contribution is -2.40. The molecule has 0 amide bonds. The summed E-state index contributed by atoms with van der Waals surface area (Å²) in [5.74, 6) is 2.27. The van der Waals surface area contributed by atoms with E-state index in [-0.39, 0.29) is 18.0 Å². The van der Waals surface area contributed by atoms with Gasteiger partial charge in [0.25, 0.3) is 0 Å². The molecule has 0 aromatic heterocycles. The third-order valence-electron chi connectivity index (χ3n) is 5.91. The molecule has 17 heavy (non-hydrogen) atoms. The Labute approximate surface area is 102 Å². The molecule has 2 heteroatoms. The van der Waals surface area contributed by atoms with Crippen molar-refractivity contribution >= 4 is 5.97 Å². The van der Waals surface area contributed by atoms with Crippen LogP contribution in [0.5, 0.6) is 0 Å². The summed E-state index contributed by atoms with van der Waals surface area (Å²) in [7, 11) is 0. The second-order valence-corrected chi connectivity index (χ2v) is 6.60. The van der Waals surface area contributed by atoms with Gasteiger partial charge in [-0.15, -0.1) is 0 Å². The Bertz CT molecular complexity index is 464. The lowest BCUT2D eigenvalue weighted by molar-refractivity contribution is -0.142. The van der Waals surface area contributed by atoms with Crippen molar-refractivity contribution in [1.82, 2.24) is 0 Å². The van der Waals surface area contributed by atoms with Crippen molar-refractivity contribution in [3.8, 4) is 0 Å². The molecule has 1 heterocycles. The maximum atomic E-state index is 11.6. The predicted molar refractivity (Wildman–Crippen MR) is 64.1 cm³/mol. The smallest absolute Gasteiger partial charge is 0.334 e. The Kier molecular flexibility index (Phi) is 1.56. The summed E-state index contributed by atoms with van der Waals surface area (Å²) in [5.41, 5.74) is 2.49. The fraction of sp³-hybridized carbons (Fsp3) is 0.667. The fourth-order valence-electron chi connectivity index (χ4n) is 4.82. The van der Waals surface area contributed by atoms with E-state index in [0.29, 0.717) is 16.9 Å². The third kappa shape index (κ3) is 1.00. The van der Waals surface area contributed by atoms with Crippen LogP contribution in [0.4, 0.5) is 0 Å². The Balaban J connectivity index is 1.72. The van der Waals surface area contributed by atoms with Gasteiger partial charge in [0.05, 0.1) is 0 Å². The topological polar surface area (TPSA) is 26.3 Å². The summed E-state index contributed by atoms with van der Waals surface area (Å²) in [6.45, 7) is 10.6. The molecule has 4 rings (SSSR count). The van der Waals surface area contributed by atoms with Gasteiger partial charge in [0, 0.05) is 11.5 Å². The lowest BCUT2D eigenvalue weighted by atomic mass is 9.61. The minimum atomic E-state index is -0.165. The van der Waals surface area contributed by atoms with E-state index >= 15 is 0 Å². The van der Waals surface area contributed by atoms with Crippen molar-refractivity contribution in [2.24, 2.45) is 29.1 Å². The van der Waals surface area contributed by atoms with Gasteiger partial charge in [0.1, 0.15) is 6.10 Å². The Morgan fingerprint density at radius 3 is 2.82 bits per heavy atom. The van der Waals surface area contributed by atoms with Crippen LogP contribution in [0.15, 0.2) is 24.3 Å². The number of allylic oxidation sites excluding steroid dienone is 1. The molecule has 1 aliphatic heterocycles. The number of hydrogen-bond acceptors (Lipinski definition) is 2. The summed E-state index contributed by atoms with van der Waals surface area (Å²) >= 11 is 0. The molecule has 0 bridgehead atoms. The summed E-state index contributed by atoms with van der Waals surface area (Å²) in [6, 6.07) is 0. The summed E-state index contributed by atoms with van der Waals surface area (Å²) in [5, 5.41) is 0. The molecular formula is C15H18O2. The van der Waals surface area contributed by atoms with Crippen molar-refractivity contribution in [1.29, 1.82) is 0 Å². The molecule has 2 nitrogen and oxygen atoms in total. The maximum Gasteiger partial charge on any atom is 0.334 e. The molecule has 0 spiro atoms. The summed E-state index contributed by atoms with van der Waals surface area (Å²) < 4.78 is 5.48. The SMILES string of the molecule is C=C1C(=O)OC2CC3(C)C(CC12)C(=C)C1CC13. The number of hydrogen-bond donors (Lipinski definition) is 0. The first-order chi connectivity index (χ1) is 8.02. The van der Waals surface area contributed by atoms with Crippen LogP contribution in [0, 0.1) is 29.1 Å². The molecule has 4 fully saturated rings. The van der Waals surface area contributed by atoms with Gasteiger partial charge in [-0.3, -0.25) is 0 Å². The van der Waals surface area contributed by atoms with E-state index in [1.807, 2.05) is 0 Å². The van der Waals surface area contributed by atoms with E-state index in [1.54, 1.807) is 0 Å². The molecule has 4 aliphatic rings. The van der Waals surface area contributed by atoms with Crippen molar-refractivity contribution < 1.29 is 9.53 Å². The second-order valence-electron chi connectivity index (χ2n) is 6.60. The summed E-state index contributed by atoms with van der Waals surface area (Å²) in [4.78, 5) is 11.6. The third-order valence-corrected chi connectivity index (χ3v) is 5.91. The van der Waals surface area contributed by atoms with Crippen LogP contribution in [0.25, 0.3) is 0 Å². The molecular weight excluding hydrogens is 212 g/mol. The largest absolute Gasteiger partial charge is 0.458 e. The zero-order valence-corrected chi connectivity index (χ0v) is 10.2. The first kappa shape index (κ1) is 9.93. The zero-order chi connectivity index (χ0) is 11.9. The molecule has 3 aliphatic carbocycles. The molecule has 0 N–H and O–H groups in total. The van der Waals surface area contributed by atoms with E-state index in [1.165, 1.54) is 12.0 Å². The molecule has 3 saturated carbocycles. The van der Waals surface area contributed by atoms with E-state index in [9.17, 15) is 4.79 Å². The minimum Gasteiger partial charge on any atom is -0.458 e. The number of carbonyl (C=O) groups excluding carboxylic acids is 1. The monoisotopic (exact) mass is 230 g/mol. The normalized spacial score (nSPS) is 55.1. The minimum absolute atomic E-state index is 0.100. The van der Waals surface area contributed by atoms with E-state index in [2.05, 4.69) is 20.1 Å². The quantitative estimate of drug-likeness (QED) is 0.363. The zero-order valence-electron chi connectivity index (χ0n) is 10.2. The van der Waals surface area contributed by atoms with Crippen molar-refractivity contribution in [3.63, 3.8) is 0 Å². The summed E-state index contributed by atoms with van der Waals surface area (Å²) in [6.07, 6.45) is 3.48. The van der Waals surface area contributed by atoms with Gasteiger partial charge in [-0.1, -0.05) is 25.7 Å². The predicted octanol–water partition coefficient (Wildman–Crippen LogP) is 2.71. The van der Waals surface area contributed by atoms with Gasteiger partial charge < -0.3 is 4.74 Å². The van der Waals surface area contributed by atoms with Crippen LogP contribution in [-0.4, -0.2) is 12.1 Å². The van der Waals surface area contributed by atoms with E-state index < -0.39 is 0 Å². The van der Waals surface area contributed by atoms with Crippen LogP contribution in [-0.2, 0) is 9.53 Å². The number of esters is 1. The van der Waals surface area contributed by atoms with Crippen LogP contribution in [0.1, 0.15) is 26.2 Å². The second kappa shape index (κ2) is 2.68. The van der Waals surface area contributed by atoms with E-state index in [4.69, 9.17) is 4.74 Å². The first-order valence-corrected chi connectivity index (χ1v) is 6.61. The van der Waals surface area contributed by atoms with Gasteiger partial charge in [-0.05, 0) is 42.4 Å². The number of fused-ring (bicyclic) bond motifs is 4. The average Bonchev–Trinajstić information content (AvgIpc) is 2.99. The van der Waals surface area contributed by atoms with Gasteiger partial charge in [0.15, 0.2) is 0 Å². The van der Waals surface area contributed by atoms with Gasteiger partial charge in [0.2, 0.25) is 0 Å². The number of rotatable bonds is 0. The standard InChI is InChI=1S/C15H18O2/c1-7-9-4-12(9)15(3)6-13-10(5-11(7)15)8(2)14(16)17-13/h9-13H,1-2,4-6H2,3H3. The molecule has 1 saturated heterocycles. The Morgan fingerprint density at radius 2 is 2.06 bits per heavy atom. The van der Waals surface area contributed by atoms with Gasteiger partial charge >= 0.3 is 5.97 Å². The van der Waals surface area contributed by atoms with Gasteiger partial charge in [-0.2, -0.15) is 0 Å². The first-order valence-electron chi connectivity index (χ1n) is 6.61. The lowest BCUT2D eigenvalue weighted by Gasteiger charge is -2.43. The van der Waals surface area contributed by atoms with Crippen LogP contribution in [0.3, 0.4) is 0 Å². The van der Waals surface area contributed by atoms with Crippen LogP contribution < -0.4 is 0 Å². The van der Waals surface area contributed by atoms with Crippen molar-refractivity contribution in [2.45, 2.75) is 32.3 Å². The number of ether oxygens (including phenoxy) is 1. The maximum absolute atomic E-state index is 11.6. The fourth-order valence-corrected chi connectivity index (χ4v) is 4.82. The number of carbonyl (C=O) groups is 1. The highest BCUT2D eigenvalue weighted by Crippen LogP contribution is 2.72. The van der Waals surface area contributed by atoms with Crippen molar-refractivity contribution in [2.75, 3.05) is 0 Å². The molecule has 6 atom stereocenters. The Morgan fingerprint density at radius 1 is 1.29 bits per heavy atom. The van der Waals surface area contributed by atoms with Crippen molar-refractivity contribution in [3.05, 3.63) is 24.3 Å². The molecule has 6 unspecified atom stereocenters. The average molecular weight is 230 g/mol. The molecule has 0 radical (unpaired) electrons. The van der Waals surface area contributed by atoms with Crippen LogP contribution >= 0.6 is 0 Å². The van der Waals surface area contributed by atoms with E-state index in [0.717, 1.165) is 24.7 Å². The highest BCUT2D eigenvalue weighted by molar-refractivity contribution is 5.90. The molecule has 0 aromatic rings. The van der Waals surface area contributed by atoms with Crippen LogP contribution in [0.2, 0.25) is 0 Å².